The summed E-state index contributed by atoms with van der Waals surface area (Å²) in [6.45, 7) is 1.57. The lowest BCUT2D eigenvalue weighted by molar-refractivity contribution is -0.272. The van der Waals surface area contributed by atoms with Gasteiger partial charge in [0.25, 0.3) is 0 Å². The highest BCUT2D eigenvalue weighted by molar-refractivity contribution is 5.82. The predicted octanol–water partition coefficient (Wildman–Crippen LogP) is 2.44. The van der Waals surface area contributed by atoms with Crippen LogP contribution in [-0.2, 0) is 14.9 Å². The van der Waals surface area contributed by atoms with Crippen LogP contribution in [0.2, 0.25) is 0 Å². The Bertz CT molecular complexity index is 722. The number of alkyl halides is 3. The van der Waals surface area contributed by atoms with Crippen LogP contribution in [0.4, 0.5) is 22.0 Å². The van der Waals surface area contributed by atoms with Crippen LogP contribution in [0.15, 0.2) is 12.1 Å². The summed E-state index contributed by atoms with van der Waals surface area (Å²) in [5.41, 5.74) is 0.854. The van der Waals surface area contributed by atoms with E-state index in [1.165, 1.54) is 6.92 Å². The number of carbonyl (C=O) groups excluding carboxylic acids is 1. The largest absolute Gasteiger partial charge is 0.489 e. The summed E-state index contributed by atoms with van der Waals surface area (Å²) in [5, 5.41) is 0. The van der Waals surface area contributed by atoms with Gasteiger partial charge in [-0.1, -0.05) is 13.0 Å². The summed E-state index contributed by atoms with van der Waals surface area (Å²) in [5.74, 6) is -5.49. The lowest BCUT2D eigenvalue weighted by atomic mass is 9.65. The summed E-state index contributed by atoms with van der Waals surface area (Å²) < 4.78 is 78.1. The number of halogens is 5. The normalized spacial score (nSPS) is 35.1. The number of nitrogens with two attached hydrogens (primary N) is 1. The fourth-order valence-corrected chi connectivity index (χ4v) is 3.68. The average molecular weight is 351 g/mol. The van der Waals surface area contributed by atoms with E-state index in [0.29, 0.717) is 0 Å². The van der Waals surface area contributed by atoms with E-state index < -0.39 is 59.1 Å². The molecule has 0 bridgehead atoms. The number of primary amides is 1. The van der Waals surface area contributed by atoms with E-state index in [1.807, 2.05) is 0 Å². The molecule has 0 aliphatic carbocycles. The van der Waals surface area contributed by atoms with Crippen LogP contribution in [0, 0.1) is 17.6 Å². The highest BCUT2D eigenvalue weighted by Crippen LogP contribution is 2.60. The molecule has 4 atom stereocenters. The molecular formula is C15H14F5NO3. The Morgan fingerprint density at radius 2 is 1.96 bits per heavy atom. The van der Waals surface area contributed by atoms with E-state index in [4.69, 9.17) is 15.2 Å². The SMILES string of the molecule is C[C@H]1[C@]2(COc3c2ccc(F)c3F)[C@H](C(N)=O)O[C@@]1(C)C(F)(F)F. The first-order valence-corrected chi connectivity index (χ1v) is 7.12. The first-order chi connectivity index (χ1) is 11.0. The quantitative estimate of drug-likeness (QED) is 0.791. The minimum absolute atomic E-state index is 0.0503. The monoisotopic (exact) mass is 351 g/mol. The van der Waals surface area contributed by atoms with E-state index in [2.05, 4.69) is 0 Å². The van der Waals surface area contributed by atoms with Crippen molar-refractivity contribution in [1.29, 1.82) is 0 Å². The first-order valence-electron chi connectivity index (χ1n) is 7.12. The third-order valence-corrected chi connectivity index (χ3v) is 5.26. The lowest BCUT2D eigenvalue weighted by Crippen LogP contribution is -2.51. The second-order valence-corrected chi connectivity index (χ2v) is 6.29. The Morgan fingerprint density at radius 3 is 2.50 bits per heavy atom. The van der Waals surface area contributed by atoms with Gasteiger partial charge in [-0.2, -0.15) is 17.6 Å². The number of amides is 1. The van der Waals surface area contributed by atoms with Crippen molar-refractivity contribution < 1.29 is 36.2 Å². The van der Waals surface area contributed by atoms with Crippen molar-refractivity contribution in [2.24, 2.45) is 11.7 Å². The molecule has 0 saturated carbocycles. The van der Waals surface area contributed by atoms with Crippen LogP contribution in [0.25, 0.3) is 0 Å². The van der Waals surface area contributed by atoms with E-state index >= 15 is 0 Å². The van der Waals surface area contributed by atoms with Gasteiger partial charge in [0.2, 0.25) is 11.7 Å². The molecule has 0 unspecified atom stereocenters. The zero-order valence-corrected chi connectivity index (χ0v) is 12.7. The Labute approximate surface area is 133 Å². The van der Waals surface area contributed by atoms with Crippen molar-refractivity contribution >= 4 is 5.91 Å². The van der Waals surface area contributed by atoms with Crippen LogP contribution in [0.5, 0.6) is 5.75 Å². The van der Waals surface area contributed by atoms with Crippen LogP contribution in [0.1, 0.15) is 19.4 Å². The molecule has 3 rings (SSSR count). The van der Waals surface area contributed by atoms with Gasteiger partial charge in [0, 0.05) is 11.5 Å². The van der Waals surface area contributed by atoms with Crippen molar-refractivity contribution in [3.8, 4) is 5.75 Å². The van der Waals surface area contributed by atoms with Gasteiger partial charge in [0.05, 0.1) is 5.41 Å². The maximum absolute atomic E-state index is 13.9. The molecule has 1 saturated heterocycles. The average Bonchev–Trinajstić information content (AvgIpc) is 2.96. The summed E-state index contributed by atoms with van der Waals surface area (Å²) >= 11 is 0. The molecule has 0 radical (unpaired) electrons. The lowest BCUT2D eigenvalue weighted by Gasteiger charge is -2.35. The fraction of sp³-hybridized carbons (Fsp3) is 0.533. The standard InChI is InChI=1S/C15H14F5NO3/c1-6-13(2,15(18,19)20)24-11(12(21)22)14(6)5-23-10-7(14)3-4-8(16)9(10)17/h3-4,6,11H,5H2,1-2H3,(H2,21,22)/t6-,11+,13-,14+/m1/s1. The topological polar surface area (TPSA) is 61.5 Å². The molecule has 1 amide bonds. The maximum Gasteiger partial charge on any atom is 0.417 e. The Morgan fingerprint density at radius 1 is 1.33 bits per heavy atom. The molecule has 132 valence electrons. The van der Waals surface area contributed by atoms with E-state index in [0.717, 1.165) is 19.1 Å². The minimum Gasteiger partial charge on any atom is -0.489 e. The molecule has 1 spiro atoms. The molecule has 2 heterocycles. The second kappa shape index (κ2) is 4.81. The van der Waals surface area contributed by atoms with Crippen LogP contribution < -0.4 is 10.5 Å². The van der Waals surface area contributed by atoms with Gasteiger partial charge in [-0.15, -0.1) is 0 Å². The third kappa shape index (κ3) is 1.84. The molecule has 2 aliphatic rings. The Balaban J connectivity index is 2.24. The van der Waals surface area contributed by atoms with Gasteiger partial charge in [-0.25, -0.2) is 4.39 Å². The fourth-order valence-electron chi connectivity index (χ4n) is 3.68. The van der Waals surface area contributed by atoms with Crippen molar-refractivity contribution in [2.45, 2.75) is 37.1 Å². The molecule has 0 aromatic heterocycles. The number of fused-ring (bicyclic) bond motifs is 2. The van der Waals surface area contributed by atoms with Crippen molar-refractivity contribution in [3.63, 3.8) is 0 Å². The van der Waals surface area contributed by atoms with Crippen molar-refractivity contribution in [1.82, 2.24) is 0 Å². The smallest absolute Gasteiger partial charge is 0.417 e. The van der Waals surface area contributed by atoms with Crippen LogP contribution in [-0.4, -0.2) is 30.4 Å². The van der Waals surface area contributed by atoms with Crippen LogP contribution in [0.3, 0.4) is 0 Å². The number of rotatable bonds is 1. The molecule has 2 aliphatic heterocycles. The number of benzene rings is 1. The highest BCUT2D eigenvalue weighted by atomic mass is 19.4. The minimum atomic E-state index is -4.80. The first kappa shape index (κ1) is 16.9. The number of hydrogen-bond donors (Lipinski definition) is 1. The summed E-state index contributed by atoms with van der Waals surface area (Å²) in [6.07, 6.45) is -6.49. The predicted molar refractivity (Wildman–Crippen MR) is 71.2 cm³/mol. The van der Waals surface area contributed by atoms with Crippen LogP contribution >= 0.6 is 0 Å². The van der Waals surface area contributed by atoms with E-state index in [9.17, 15) is 26.7 Å². The number of carbonyl (C=O) groups is 1. The van der Waals surface area contributed by atoms with Gasteiger partial charge in [0.1, 0.15) is 6.61 Å². The van der Waals surface area contributed by atoms with Gasteiger partial charge >= 0.3 is 6.18 Å². The maximum atomic E-state index is 13.9. The van der Waals surface area contributed by atoms with E-state index in [-0.39, 0.29) is 5.56 Å². The van der Waals surface area contributed by atoms with Crippen molar-refractivity contribution in [2.75, 3.05) is 6.61 Å². The van der Waals surface area contributed by atoms with Gasteiger partial charge < -0.3 is 15.2 Å². The molecule has 1 aromatic carbocycles. The van der Waals surface area contributed by atoms with Crippen molar-refractivity contribution in [3.05, 3.63) is 29.3 Å². The van der Waals surface area contributed by atoms with Gasteiger partial charge in [-0.05, 0) is 13.0 Å². The summed E-state index contributed by atoms with van der Waals surface area (Å²) in [7, 11) is 0. The molecule has 1 aromatic rings. The molecule has 2 N–H and O–H groups in total. The second-order valence-electron chi connectivity index (χ2n) is 6.29. The highest BCUT2D eigenvalue weighted by Gasteiger charge is 2.73. The molecule has 9 heteroatoms. The number of hydrogen-bond acceptors (Lipinski definition) is 3. The van der Waals surface area contributed by atoms with E-state index in [1.54, 1.807) is 0 Å². The molecule has 1 fully saturated rings. The Hall–Kier alpha value is -1.90. The zero-order valence-electron chi connectivity index (χ0n) is 12.7. The van der Waals surface area contributed by atoms with Gasteiger partial charge in [-0.3, -0.25) is 4.79 Å². The summed E-state index contributed by atoms with van der Waals surface area (Å²) in [4.78, 5) is 11.8. The Kier molecular flexibility index (Phi) is 3.39. The molecule has 4 nitrogen and oxygen atoms in total. The number of ether oxygens (including phenoxy) is 2. The summed E-state index contributed by atoms with van der Waals surface area (Å²) in [6, 6.07) is 1.89. The zero-order chi connectivity index (χ0) is 18.1. The van der Waals surface area contributed by atoms with Gasteiger partial charge in [0.15, 0.2) is 23.3 Å². The molecule has 24 heavy (non-hydrogen) atoms. The molecular weight excluding hydrogens is 337 g/mol. The third-order valence-electron chi connectivity index (χ3n) is 5.26.